The van der Waals surface area contributed by atoms with Crippen LogP contribution in [0.2, 0.25) is 0 Å². The predicted molar refractivity (Wildman–Crippen MR) is 86.4 cm³/mol. The Morgan fingerprint density at radius 1 is 1.43 bits per heavy atom. The molecule has 3 atom stereocenters. The molecule has 124 valence electrons. The van der Waals surface area contributed by atoms with Gasteiger partial charge >= 0.3 is 5.97 Å². The van der Waals surface area contributed by atoms with Gasteiger partial charge in [-0.25, -0.2) is 0 Å². The third kappa shape index (κ3) is 4.94. The number of carbonyl (C=O) groups is 1. The van der Waals surface area contributed by atoms with Crippen molar-refractivity contribution in [3.63, 3.8) is 0 Å². The maximum Gasteiger partial charge on any atom is 0.327 e. The first kappa shape index (κ1) is 18.4. The van der Waals surface area contributed by atoms with E-state index in [4.69, 9.17) is 4.74 Å². The SMILES string of the molecule is CCOC(=O)C(C)(CN1CC(C)C(N(C)C)C1)NC(C)C. The van der Waals surface area contributed by atoms with Gasteiger partial charge in [0, 0.05) is 31.7 Å². The van der Waals surface area contributed by atoms with Gasteiger partial charge in [0.2, 0.25) is 0 Å². The maximum atomic E-state index is 12.4. The van der Waals surface area contributed by atoms with Crippen LogP contribution in [0.15, 0.2) is 0 Å². The molecule has 1 aliphatic rings. The predicted octanol–water partition coefficient (Wildman–Crippen LogP) is 1.19. The summed E-state index contributed by atoms with van der Waals surface area (Å²) in [7, 11) is 4.25. The first-order valence-corrected chi connectivity index (χ1v) is 8.03. The lowest BCUT2D eigenvalue weighted by atomic mass is 10.0. The number of esters is 1. The Balaban J connectivity index is 2.76. The molecule has 0 radical (unpaired) electrons. The van der Waals surface area contributed by atoms with Crippen LogP contribution in [-0.4, -0.2) is 73.7 Å². The minimum Gasteiger partial charge on any atom is -0.465 e. The molecule has 0 aromatic carbocycles. The van der Waals surface area contributed by atoms with Crippen molar-refractivity contribution in [2.45, 2.75) is 52.2 Å². The highest BCUT2D eigenvalue weighted by atomic mass is 16.5. The standard InChI is InChI=1S/C16H33N3O2/c1-8-21-15(20)16(5,17-12(2)3)11-19-9-13(4)14(10-19)18(6)7/h12-14,17H,8-11H2,1-7H3. The third-order valence-electron chi connectivity index (χ3n) is 4.18. The van der Waals surface area contributed by atoms with Crippen molar-refractivity contribution >= 4 is 5.97 Å². The van der Waals surface area contributed by atoms with Crippen molar-refractivity contribution < 1.29 is 9.53 Å². The van der Waals surface area contributed by atoms with Crippen molar-refractivity contribution in [1.82, 2.24) is 15.1 Å². The maximum absolute atomic E-state index is 12.4. The molecule has 0 amide bonds. The molecule has 21 heavy (non-hydrogen) atoms. The normalized spacial score (nSPS) is 26.3. The Morgan fingerprint density at radius 3 is 2.48 bits per heavy atom. The van der Waals surface area contributed by atoms with E-state index in [1.807, 2.05) is 13.8 Å². The highest BCUT2D eigenvalue weighted by Crippen LogP contribution is 2.22. The summed E-state index contributed by atoms with van der Waals surface area (Å²) < 4.78 is 5.28. The molecule has 0 aromatic rings. The number of ether oxygens (including phenoxy) is 1. The fourth-order valence-electron chi connectivity index (χ4n) is 3.39. The van der Waals surface area contributed by atoms with Crippen LogP contribution >= 0.6 is 0 Å². The quantitative estimate of drug-likeness (QED) is 0.716. The van der Waals surface area contributed by atoms with E-state index < -0.39 is 5.54 Å². The molecule has 0 saturated carbocycles. The zero-order valence-corrected chi connectivity index (χ0v) is 14.8. The fourth-order valence-corrected chi connectivity index (χ4v) is 3.39. The molecular weight excluding hydrogens is 266 g/mol. The summed E-state index contributed by atoms with van der Waals surface area (Å²) >= 11 is 0. The number of hydrogen-bond acceptors (Lipinski definition) is 5. The van der Waals surface area contributed by atoms with Crippen LogP contribution in [0.25, 0.3) is 0 Å². The number of rotatable bonds is 7. The summed E-state index contributed by atoms with van der Waals surface area (Å²) in [4.78, 5) is 17.0. The van der Waals surface area contributed by atoms with Gasteiger partial charge < -0.3 is 9.64 Å². The number of hydrogen-bond donors (Lipinski definition) is 1. The first-order chi connectivity index (χ1) is 9.69. The smallest absolute Gasteiger partial charge is 0.327 e. The minimum absolute atomic E-state index is 0.153. The van der Waals surface area contributed by atoms with Gasteiger partial charge in [0.05, 0.1) is 6.61 Å². The second kappa shape index (κ2) is 7.56. The average Bonchev–Trinajstić information content (AvgIpc) is 2.69. The Bertz CT molecular complexity index is 346. The molecule has 1 fully saturated rings. The molecule has 1 rings (SSSR count). The summed E-state index contributed by atoms with van der Waals surface area (Å²) in [5, 5.41) is 3.40. The first-order valence-electron chi connectivity index (χ1n) is 8.03. The van der Waals surface area contributed by atoms with Crippen molar-refractivity contribution in [3.05, 3.63) is 0 Å². The molecule has 3 unspecified atom stereocenters. The van der Waals surface area contributed by atoms with Crippen LogP contribution in [0, 0.1) is 5.92 Å². The van der Waals surface area contributed by atoms with Gasteiger partial charge in [-0.2, -0.15) is 0 Å². The molecule has 0 aromatic heterocycles. The van der Waals surface area contributed by atoms with Gasteiger partial charge in [-0.1, -0.05) is 6.92 Å². The van der Waals surface area contributed by atoms with Gasteiger partial charge in [0.15, 0.2) is 0 Å². The summed E-state index contributed by atoms with van der Waals surface area (Å²) in [5.41, 5.74) is -0.648. The Kier molecular flexibility index (Phi) is 6.63. The molecule has 0 bridgehead atoms. The third-order valence-corrected chi connectivity index (χ3v) is 4.18. The van der Waals surface area contributed by atoms with Gasteiger partial charge in [0.25, 0.3) is 0 Å². The molecule has 0 aliphatic carbocycles. The lowest BCUT2D eigenvalue weighted by molar-refractivity contribution is -0.151. The molecule has 1 aliphatic heterocycles. The van der Waals surface area contributed by atoms with Crippen molar-refractivity contribution in [2.75, 3.05) is 40.3 Å². The second-order valence-electron chi connectivity index (χ2n) is 7.05. The molecular formula is C16H33N3O2. The lowest BCUT2D eigenvalue weighted by Gasteiger charge is -2.34. The number of likely N-dealkylation sites (N-methyl/N-ethyl adjacent to an activating group) is 1. The Morgan fingerprint density at radius 2 is 2.05 bits per heavy atom. The number of nitrogens with zero attached hydrogens (tertiary/aromatic N) is 2. The molecule has 1 saturated heterocycles. The van der Waals surface area contributed by atoms with Gasteiger partial charge in [-0.3, -0.25) is 15.0 Å². The van der Waals surface area contributed by atoms with E-state index in [1.165, 1.54) is 0 Å². The van der Waals surface area contributed by atoms with Crippen molar-refractivity contribution in [1.29, 1.82) is 0 Å². The largest absolute Gasteiger partial charge is 0.465 e. The molecule has 0 spiro atoms. The number of carbonyl (C=O) groups excluding carboxylic acids is 1. The average molecular weight is 299 g/mol. The fraction of sp³-hybridized carbons (Fsp3) is 0.938. The van der Waals surface area contributed by atoms with Crippen LogP contribution in [0.5, 0.6) is 0 Å². The van der Waals surface area contributed by atoms with Gasteiger partial charge in [-0.05, 0) is 47.7 Å². The summed E-state index contributed by atoms with van der Waals surface area (Å²) in [5.74, 6) is 0.463. The van der Waals surface area contributed by atoms with E-state index in [1.54, 1.807) is 0 Å². The zero-order chi connectivity index (χ0) is 16.2. The second-order valence-corrected chi connectivity index (χ2v) is 7.05. The van der Waals surface area contributed by atoms with Crippen LogP contribution in [0.3, 0.4) is 0 Å². The van der Waals surface area contributed by atoms with Crippen molar-refractivity contribution in [2.24, 2.45) is 5.92 Å². The lowest BCUT2D eigenvalue weighted by Crippen LogP contribution is -2.59. The number of nitrogens with one attached hydrogen (secondary N) is 1. The summed E-state index contributed by atoms with van der Waals surface area (Å²) in [6.07, 6.45) is 0. The van der Waals surface area contributed by atoms with Crippen LogP contribution in [-0.2, 0) is 9.53 Å². The summed E-state index contributed by atoms with van der Waals surface area (Å²) in [6, 6.07) is 0.791. The summed E-state index contributed by atoms with van der Waals surface area (Å²) in [6.45, 7) is 13.4. The van der Waals surface area contributed by atoms with Crippen molar-refractivity contribution in [3.8, 4) is 0 Å². The van der Waals surface area contributed by atoms with E-state index in [2.05, 4.69) is 50.0 Å². The monoisotopic (exact) mass is 299 g/mol. The van der Waals surface area contributed by atoms with E-state index >= 15 is 0 Å². The topological polar surface area (TPSA) is 44.8 Å². The number of likely N-dealkylation sites (tertiary alicyclic amines) is 1. The molecule has 5 nitrogen and oxygen atoms in total. The van der Waals surface area contributed by atoms with Crippen LogP contribution < -0.4 is 5.32 Å². The minimum atomic E-state index is -0.648. The Labute approximate surface area is 130 Å². The Hall–Kier alpha value is -0.650. The van der Waals surface area contributed by atoms with Gasteiger partial charge in [-0.15, -0.1) is 0 Å². The molecule has 1 heterocycles. The van der Waals surface area contributed by atoms with Crippen LogP contribution in [0.1, 0.15) is 34.6 Å². The molecule has 1 N–H and O–H groups in total. The highest BCUT2D eigenvalue weighted by molar-refractivity contribution is 5.80. The van der Waals surface area contributed by atoms with Crippen LogP contribution in [0.4, 0.5) is 0 Å². The van der Waals surface area contributed by atoms with Gasteiger partial charge in [0.1, 0.15) is 5.54 Å². The van der Waals surface area contributed by atoms with E-state index in [0.717, 1.165) is 13.1 Å². The highest BCUT2D eigenvalue weighted by Gasteiger charge is 2.40. The zero-order valence-electron chi connectivity index (χ0n) is 14.8. The van der Waals surface area contributed by atoms with E-state index in [-0.39, 0.29) is 12.0 Å². The molecule has 5 heteroatoms. The van der Waals surface area contributed by atoms with E-state index in [0.29, 0.717) is 25.1 Å². The van der Waals surface area contributed by atoms with E-state index in [9.17, 15) is 4.79 Å².